The van der Waals surface area contributed by atoms with Crippen LogP contribution >= 0.6 is 23.1 Å². The van der Waals surface area contributed by atoms with Gasteiger partial charge in [0.1, 0.15) is 4.88 Å². The molecule has 0 aliphatic heterocycles. The minimum atomic E-state index is -0.927. The Labute approximate surface area is 109 Å². The van der Waals surface area contributed by atoms with Crippen LogP contribution in [0.3, 0.4) is 0 Å². The largest absolute Gasteiger partial charge is 0.477 e. The number of aryl methyl sites for hydroxylation is 1. The Hall–Kier alpha value is -1.06. The first-order valence-electron chi connectivity index (χ1n) is 5.10. The standard InChI is InChI=1S/C11H14N2O2S2/c1-7-8(9(14)15)17-10(13-7)16-5-4-11(2,3)6-12/h4-5H2,1-3H3,(H,14,15). The number of aromatic carboxylic acids is 1. The number of carboxylic acids is 1. The zero-order valence-corrected chi connectivity index (χ0v) is 11.6. The van der Waals surface area contributed by atoms with Crippen molar-refractivity contribution in [2.24, 2.45) is 5.41 Å². The van der Waals surface area contributed by atoms with E-state index in [9.17, 15) is 4.79 Å². The lowest BCUT2D eigenvalue weighted by Gasteiger charge is -2.13. The van der Waals surface area contributed by atoms with Gasteiger partial charge in [0.25, 0.3) is 0 Å². The second kappa shape index (κ2) is 5.52. The second-order valence-corrected chi connectivity index (χ2v) is 6.63. The summed E-state index contributed by atoms with van der Waals surface area (Å²) < 4.78 is 0.758. The van der Waals surface area contributed by atoms with E-state index < -0.39 is 5.97 Å². The van der Waals surface area contributed by atoms with Crippen molar-refractivity contribution >= 4 is 29.1 Å². The minimum Gasteiger partial charge on any atom is -0.477 e. The summed E-state index contributed by atoms with van der Waals surface area (Å²) >= 11 is 2.70. The fraction of sp³-hybridized carbons (Fsp3) is 0.545. The molecule has 4 nitrogen and oxygen atoms in total. The molecule has 0 unspecified atom stereocenters. The number of thiazole rings is 1. The third-order valence-electron chi connectivity index (χ3n) is 2.23. The Bertz CT molecular complexity index is 461. The lowest BCUT2D eigenvalue weighted by atomic mass is 9.93. The van der Waals surface area contributed by atoms with Gasteiger partial charge in [-0.05, 0) is 27.2 Å². The number of nitriles is 1. The zero-order valence-electron chi connectivity index (χ0n) is 9.98. The summed E-state index contributed by atoms with van der Waals surface area (Å²) in [4.78, 5) is 15.3. The molecule has 1 rings (SSSR count). The highest BCUT2D eigenvalue weighted by atomic mass is 32.2. The van der Waals surface area contributed by atoms with Crippen molar-refractivity contribution in [1.82, 2.24) is 4.98 Å². The maximum absolute atomic E-state index is 10.8. The van der Waals surface area contributed by atoms with Crippen LogP contribution in [-0.2, 0) is 0 Å². The summed E-state index contributed by atoms with van der Waals surface area (Å²) in [7, 11) is 0. The summed E-state index contributed by atoms with van der Waals surface area (Å²) in [5, 5.41) is 17.8. The van der Waals surface area contributed by atoms with Crippen LogP contribution in [0.4, 0.5) is 0 Å². The van der Waals surface area contributed by atoms with Crippen LogP contribution in [0.1, 0.15) is 35.6 Å². The molecule has 0 saturated heterocycles. The third-order valence-corrected chi connectivity index (χ3v) is 4.52. The van der Waals surface area contributed by atoms with E-state index in [0.717, 1.165) is 16.5 Å². The first-order chi connectivity index (χ1) is 7.85. The SMILES string of the molecule is Cc1nc(SCCC(C)(C)C#N)sc1C(=O)O. The molecular formula is C11H14N2O2S2. The smallest absolute Gasteiger partial charge is 0.347 e. The van der Waals surface area contributed by atoms with E-state index in [1.54, 1.807) is 6.92 Å². The van der Waals surface area contributed by atoms with E-state index in [-0.39, 0.29) is 5.41 Å². The predicted molar refractivity (Wildman–Crippen MR) is 68.5 cm³/mol. The number of carboxylic acid groups (broad SMARTS) is 1. The van der Waals surface area contributed by atoms with Gasteiger partial charge in [-0.25, -0.2) is 9.78 Å². The maximum atomic E-state index is 10.8. The molecule has 0 spiro atoms. The molecule has 0 amide bonds. The number of hydrogen-bond acceptors (Lipinski definition) is 5. The maximum Gasteiger partial charge on any atom is 0.347 e. The van der Waals surface area contributed by atoms with Gasteiger partial charge in [0, 0.05) is 5.75 Å². The van der Waals surface area contributed by atoms with Crippen molar-refractivity contribution in [3.8, 4) is 6.07 Å². The molecule has 0 aromatic carbocycles. The quantitative estimate of drug-likeness (QED) is 0.832. The van der Waals surface area contributed by atoms with Crippen molar-refractivity contribution in [1.29, 1.82) is 5.26 Å². The van der Waals surface area contributed by atoms with Crippen molar-refractivity contribution < 1.29 is 9.90 Å². The van der Waals surface area contributed by atoms with E-state index in [2.05, 4.69) is 11.1 Å². The molecule has 1 N–H and O–H groups in total. The molecule has 0 aliphatic rings. The molecule has 1 aromatic rings. The van der Waals surface area contributed by atoms with E-state index in [1.165, 1.54) is 23.1 Å². The summed E-state index contributed by atoms with van der Waals surface area (Å²) in [6.45, 7) is 5.48. The van der Waals surface area contributed by atoms with E-state index in [1.807, 2.05) is 13.8 Å². The Morgan fingerprint density at radius 2 is 2.29 bits per heavy atom. The summed E-state index contributed by atoms with van der Waals surface area (Å²) in [5.41, 5.74) is 0.221. The van der Waals surface area contributed by atoms with Gasteiger partial charge < -0.3 is 5.11 Å². The fourth-order valence-corrected chi connectivity index (χ4v) is 3.44. The molecule has 17 heavy (non-hydrogen) atoms. The highest BCUT2D eigenvalue weighted by Crippen LogP contribution is 2.30. The molecule has 0 fully saturated rings. The van der Waals surface area contributed by atoms with Gasteiger partial charge in [-0.1, -0.05) is 11.8 Å². The van der Waals surface area contributed by atoms with Crippen molar-refractivity contribution in [2.45, 2.75) is 31.5 Å². The Morgan fingerprint density at radius 3 is 2.76 bits per heavy atom. The van der Waals surface area contributed by atoms with E-state index in [4.69, 9.17) is 10.4 Å². The third kappa shape index (κ3) is 4.02. The monoisotopic (exact) mass is 270 g/mol. The first kappa shape index (κ1) is 14.0. The number of aromatic nitrogens is 1. The average molecular weight is 270 g/mol. The summed E-state index contributed by atoms with van der Waals surface area (Å²) in [5.74, 6) is -0.156. The van der Waals surface area contributed by atoms with Crippen LogP contribution in [0.5, 0.6) is 0 Å². The second-order valence-electron chi connectivity index (χ2n) is 4.29. The molecule has 0 saturated carbocycles. The van der Waals surface area contributed by atoms with Crippen LogP contribution in [0.2, 0.25) is 0 Å². The number of carbonyl (C=O) groups is 1. The van der Waals surface area contributed by atoms with Crippen molar-refractivity contribution in [2.75, 3.05) is 5.75 Å². The molecule has 0 radical (unpaired) electrons. The van der Waals surface area contributed by atoms with Gasteiger partial charge in [-0.2, -0.15) is 5.26 Å². The highest BCUT2D eigenvalue weighted by molar-refractivity contribution is 8.01. The summed E-state index contributed by atoms with van der Waals surface area (Å²) in [6, 6.07) is 2.24. The van der Waals surface area contributed by atoms with Crippen LogP contribution in [0.25, 0.3) is 0 Å². The molecule has 92 valence electrons. The van der Waals surface area contributed by atoms with Crippen LogP contribution in [0.15, 0.2) is 4.34 Å². The average Bonchev–Trinajstić information content (AvgIpc) is 2.59. The lowest BCUT2D eigenvalue weighted by molar-refractivity contribution is 0.0701. The fourth-order valence-electron chi connectivity index (χ4n) is 1.08. The molecule has 1 aromatic heterocycles. The number of rotatable bonds is 5. The van der Waals surface area contributed by atoms with Crippen LogP contribution in [-0.4, -0.2) is 21.8 Å². The highest BCUT2D eigenvalue weighted by Gasteiger charge is 2.18. The zero-order chi connectivity index (χ0) is 13.1. The molecule has 0 atom stereocenters. The van der Waals surface area contributed by atoms with Crippen molar-refractivity contribution in [3.05, 3.63) is 10.6 Å². The normalized spacial score (nSPS) is 11.2. The van der Waals surface area contributed by atoms with Gasteiger partial charge in [0.05, 0.1) is 17.2 Å². The van der Waals surface area contributed by atoms with Gasteiger partial charge in [-0.15, -0.1) is 11.3 Å². The van der Waals surface area contributed by atoms with E-state index >= 15 is 0 Å². The van der Waals surface area contributed by atoms with Crippen LogP contribution < -0.4 is 0 Å². The number of nitrogens with zero attached hydrogens (tertiary/aromatic N) is 2. The van der Waals surface area contributed by atoms with Crippen molar-refractivity contribution in [3.63, 3.8) is 0 Å². The lowest BCUT2D eigenvalue weighted by Crippen LogP contribution is -2.08. The summed E-state index contributed by atoms with van der Waals surface area (Å²) in [6.07, 6.45) is 0.759. The Morgan fingerprint density at radius 1 is 1.65 bits per heavy atom. The van der Waals surface area contributed by atoms with Gasteiger partial charge in [0.15, 0.2) is 4.34 Å². The first-order valence-corrected chi connectivity index (χ1v) is 6.91. The minimum absolute atomic E-state index is 0.298. The Kier molecular flexibility index (Phi) is 4.54. The predicted octanol–water partition coefficient (Wildman–Crippen LogP) is 3.18. The van der Waals surface area contributed by atoms with Gasteiger partial charge >= 0.3 is 5.97 Å². The van der Waals surface area contributed by atoms with Gasteiger partial charge in [-0.3, -0.25) is 0 Å². The van der Waals surface area contributed by atoms with E-state index in [0.29, 0.717) is 10.6 Å². The molecule has 0 aliphatic carbocycles. The topological polar surface area (TPSA) is 74.0 Å². The van der Waals surface area contributed by atoms with Crippen LogP contribution in [0, 0.1) is 23.7 Å². The molecule has 0 bridgehead atoms. The molecule has 6 heteroatoms. The molecular weight excluding hydrogens is 256 g/mol. The Balaban J connectivity index is 2.57. The number of thioether (sulfide) groups is 1. The molecule has 1 heterocycles. The van der Waals surface area contributed by atoms with Gasteiger partial charge in [0.2, 0.25) is 0 Å². The number of hydrogen-bond donors (Lipinski definition) is 1.